The number of unbranched alkanes of at least 4 members (excludes halogenated alkanes) is 25. The molecule has 0 aliphatic carbocycles. The van der Waals surface area contributed by atoms with Gasteiger partial charge in [-0.2, -0.15) is 0 Å². The molecule has 0 fully saturated rings. The minimum absolute atomic E-state index is 0.227. The molecule has 8 nitrogen and oxygen atoms in total. The molecular weight excluding hydrogens is 640 g/mol. The SMILES string of the molecule is CCCCCCCCC=CCCCCCCCC[N+](C)(C)CC(=O)O.CCCCCCCCCCCCCCCCC(OO)C(=O)O.CN(C)C. The van der Waals surface area contributed by atoms with Crippen LogP contribution in [0.15, 0.2) is 12.2 Å². The quantitative estimate of drug-likeness (QED) is 0.0196. The van der Waals surface area contributed by atoms with Crippen molar-refractivity contribution in [1.82, 2.24) is 4.90 Å². The third kappa shape index (κ3) is 53.0. The first kappa shape index (κ1) is 53.9. The molecule has 0 rings (SSSR count). The van der Waals surface area contributed by atoms with Crippen LogP contribution in [-0.2, 0) is 14.5 Å². The number of carboxylic acid groups (broad SMARTS) is 2. The van der Waals surface area contributed by atoms with Crippen LogP contribution in [-0.4, -0.2) is 91.2 Å². The fraction of sp³-hybridized carbons (Fsp3) is 0.907. The van der Waals surface area contributed by atoms with Crippen LogP contribution >= 0.6 is 0 Å². The molecule has 0 saturated carbocycles. The van der Waals surface area contributed by atoms with Crippen molar-refractivity contribution in [3.05, 3.63) is 12.2 Å². The van der Waals surface area contributed by atoms with Gasteiger partial charge in [0.25, 0.3) is 0 Å². The zero-order valence-corrected chi connectivity index (χ0v) is 35.1. The molecule has 0 heterocycles. The van der Waals surface area contributed by atoms with Gasteiger partial charge in [-0.1, -0.05) is 167 Å². The number of hydrogen-bond donors (Lipinski definition) is 3. The molecule has 8 heteroatoms. The summed E-state index contributed by atoms with van der Waals surface area (Å²) in [6.07, 6.45) is 40.4. The smallest absolute Gasteiger partial charge is 0.359 e. The summed E-state index contributed by atoms with van der Waals surface area (Å²) in [6.45, 7) is 5.72. The van der Waals surface area contributed by atoms with Gasteiger partial charge in [-0.25, -0.2) is 14.5 Å². The van der Waals surface area contributed by atoms with E-state index in [4.69, 9.17) is 15.5 Å². The van der Waals surface area contributed by atoms with Gasteiger partial charge in [0.2, 0.25) is 0 Å². The Morgan fingerprint density at radius 1 is 0.569 bits per heavy atom. The van der Waals surface area contributed by atoms with Gasteiger partial charge in [0.15, 0.2) is 12.6 Å². The van der Waals surface area contributed by atoms with Crippen LogP contribution < -0.4 is 0 Å². The maximum atomic E-state index is 10.8. The van der Waals surface area contributed by atoms with E-state index in [0.29, 0.717) is 10.9 Å². The first-order valence-electron chi connectivity index (χ1n) is 21.3. The number of carbonyl (C=O) groups is 2. The third-order valence-electron chi connectivity index (χ3n) is 9.06. The Kier molecular flexibility index (Phi) is 45.3. The fourth-order valence-corrected chi connectivity index (χ4v) is 5.98. The number of likely N-dealkylation sites (N-methyl/N-ethyl adjacent to an activating group) is 1. The van der Waals surface area contributed by atoms with Crippen LogP contribution in [0.25, 0.3) is 0 Å². The maximum Gasteiger partial charge on any atom is 0.359 e. The molecule has 0 aliphatic rings. The van der Waals surface area contributed by atoms with Crippen molar-refractivity contribution >= 4 is 11.9 Å². The zero-order valence-electron chi connectivity index (χ0n) is 35.1. The van der Waals surface area contributed by atoms with Crippen LogP contribution in [0.3, 0.4) is 0 Å². The van der Waals surface area contributed by atoms with E-state index in [1.54, 1.807) is 0 Å². The van der Waals surface area contributed by atoms with E-state index in [2.05, 4.69) is 30.9 Å². The number of allylic oxidation sites excluding steroid dienone is 2. The van der Waals surface area contributed by atoms with Crippen molar-refractivity contribution in [3.8, 4) is 0 Å². The highest BCUT2D eigenvalue weighted by molar-refractivity contribution is 5.72. The highest BCUT2D eigenvalue weighted by atomic mass is 17.1. The van der Waals surface area contributed by atoms with Crippen molar-refractivity contribution in [2.75, 3.05) is 48.3 Å². The largest absolute Gasteiger partial charge is 0.479 e. The fourth-order valence-electron chi connectivity index (χ4n) is 5.98. The molecule has 0 spiro atoms. The molecule has 1 atom stereocenters. The average Bonchev–Trinajstić information content (AvgIpc) is 3.05. The second-order valence-corrected chi connectivity index (χ2v) is 15.8. The molecule has 0 saturated heterocycles. The number of aliphatic carboxylic acids is 2. The minimum Gasteiger partial charge on any atom is -0.479 e. The predicted molar refractivity (Wildman–Crippen MR) is 219 cm³/mol. The summed E-state index contributed by atoms with van der Waals surface area (Å²) < 4.78 is 0.596. The van der Waals surface area contributed by atoms with E-state index in [1.165, 1.54) is 154 Å². The van der Waals surface area contributed by atoms with E-state index in [9.17, 15) is 9.59 Å². The summed E-state index contributed by atoms with van der Waals surface area (Å²) in [5, 5.41) is 26.0. The van der Waals surface area contributed by atoms with Crippen LogP contribution in [0.4, 0.5) is 0 Å². The maximum absolute atomic E-state index is 10.8. The first-order valence-corrected chi connectivity index (χ1v) is 21.3. The molecule has 306 valence electrons. The summed E-state index contributed by atoms with van der Waals surface area (Å²) in [5.74, 6) is -1.79. The third-order valence-corrected chi connectivity index (χ3v) is 9.06. The number of carboxylic acids is 2. The Hall–Kier alpha value is -1.48. The molecular formula is C43H89N2O6+. The summed E-state index contributed by atoms with van der Waals surface area (Å²) >= 11 is 0. The average molecular weight is 730 g/mol. The summed E-state index contributed by atoms with van der Waals surface area (Å²) in [6, 6.07) is 0. The Labute approximate surface area is 317 Å². The van der Waals surface area contributed by atoms with Crippen molar-refractivity contribution in [2.45, 2.75) is 206 Å². The molecule has 0 aliphatic heterocycles. The Morgan fingerprint density at radius 3 is 1.20 bits per heavy atom. The van der Waals surface area contributed by atoms with Crippen LogP contribution in [0.5, 0.6) is 0 Å². The monoisotopic (exact) mass is 730 g/mol. The van der Waals surface area contributed by atoms with E-state index in [-0.39, 0.29) is 6.54 Å². The Balaban J connectivity index is -0.000000821. The van der Waals surface area contributed by atoms with Crippen LogP contribution in [0, 0.1) is 0 Å². The van der Waals surface area contributed by atoms with Gasteiger partial charge in [-0.05, 0) is 66.1 Å². The van der Waals surface area contributed by atoms with Gasteiger partial charge in [0, 0.05) is 0 Å². The number of quaternary nitrogens is 1. The van der Waals surface area contributed by atoms with Gasteiger partial charge in [0.1, 0.15) is 0 Å². The summed E-state index contributed by atoms with van der Waals surface area (Å²) in [5.41, 5.74) is 0. The lowest BCUT2D eigenvalue weighted by molar-refractivity contribution is -0.883. The molecule has 0 radical (unpaired) electrons. The second kappa shape index (κ2) is 42.9. The second-order valence-electron chi connectivity index (χ2n) is 15.8. The highest BCUT2D eigenvalue weighted by Crippen LogP contribution is 2.15. The van der Waals surface area contributed by atoms with E-state index in [0.717, 1.165) is 32.2 Å². The van der Waals surface area contributed by atoms with Crippen molar-refractivity contribution < 1.29 is 34.4 Å². The van der Waals surface area contributed by atoms with Crippen molar-refractivity contribution in [2.24, 2.45) is 0 Å². The Morgan fingerprint density at radius 2 is 0.882 bits per heavy atom. The molecule has 0 aromatic heterocycles. The lowest BCUT2D eigenvalue weighted by Gasteiger charge is -2.27. The molecule has 0 amide bonds. The zero-order chi connectivity index (χ0) is 38.9. The summed E-state index contributed by atoms with van der Waals surface area (Å²) in [4.78, 5) is 27.3. The Bertz CT molecular complexity index is 741. The molecule has 51 heavy (non-hydrogen) atoms. The number of nitrogens with zero attached hydrogens (tertiary/aromatic N) is 2. The molecule has 3 N–H and O–H groups in total. The highest BCUT2D eigenvalue weighted by Gasteiger charge is 2.18. The topological polar surface area (TPSA) is 107 Å². The standard InChI is InChI=1S/C22H43NO2.C18H36O4.C3H9N/c1-4-5-6-7-8-9-10-11-12-13-14-15-16-17-18-19-20-23(2,3)21-22(24)25;1-2-3-4-5-6-7-8-9-10-11-12-13-14-15-16-17(22-21)18(19)20;1-4(2)3/h11-12H,4-10,13-21H2,1-3H3;17,21H,2-16H2,1H3,(H,19,20);1-3H3/p+1. The lowest BCUT2D eigenvalue weighted by atomic mass is 10.0. The first-order chi connectivity index (χ1) is 24.4. The predicted octanol–water partition coefficient (Wildman–Crippen LogP) is 12.2. The van der Waals surface area contributed by atoms with E-state index >= 15 is 0 Å². The van der Waals surface area contributed by atoms with E-state index in [1.807, 2.05) is 40.1 Å². The van der Waals surface area contributed by atoms with Gasteiger partial charge in [0.05, 0.1) is 20.6 Å². The van der Waals surface area contributed by atoms with Gasteiger partial charge < -0.3 is 19.6 Å². The molecule has 0 aromatic carbocycles. The van der Waals surface area contributed by atoms with Gasteiger partial charge in [-0.3, -0.25) is 5.26 Å². The summed E-state index contributed by atoms with van der Waals surface area (Å²) in [7, 11) is 10.0. The molecule has 1 unspecified atom stereocenters. The lowest BCUT2D eigenvalue weighted by Crippen LogP contribution is -2.44. The van der Waals surface area contributed by atoms with Crippen molar-refractivity contribution in [1.29, 1.82) is 0 Å². The van der Waals surface area contributed by atoms with Crippen molar-refractivity contribution in [3.63, 3.8) is 0 Å². The van der Waals surface area contributed by atoms with Crippen LogP contribution in [0.1, 0.15) is 200 Å². The molecule has 0 bridgehead atoms. The number of hydrogen-bond acceptors (Lipinski definition) is 5. The minimum atomic E-state index is -1.09. The van der Waals surface area contributed by atoms with Gasteiger partial charge >= 0.3 is 11.9 Å². The number of rotatable bonds is 35. The molecule has 0 aromatic rings. The van der Waals surface area contributed by atoms with Crippen LogP contribution in [0.2, 0.25) is 0 Å². The normalized spacial score (nSPS) is 12.0. The van der Waals surface area contributed by atoms with Gasteiger partial charge in [-0.15, -0.1) is 0 Å². The van der Waals surface area contributed by atoms with E-state index < -0.39 is 18.0 Å².